The van der Waals surface area contributed by atoms with Crippen LogP contribution in [0.5, 0.6) is 0 Å². The van der Waals surface area contributed by atoms with E-state index in [1.54, 1.807) is 0 Å². The summed E-state index contributed by atoms with van der Waals surface area (Å²) in [5, 5.41) is 0. The average Bonchev–Trinajstić information content (AvgIpc) is 2.72. The van der Waals surface area contributed by atoms with Crippen molar-refractivity contribution in [3.8, 4) is 0 Å². The molecule has 4 nitrogen and oxygen atoms in total. The number of rotatable bonds is 5. The van der Waals surface area contributed by atoms with Gasteiger partial charge in [0.25, 0.3) is 0 Å². The largest absolute Gasteiger partial charge is 0.598 e. The van der Waals surface area contributed by atoms with Crippen molar-refractivity contribution in [2.45, 2.75) is 83.0 Å². The maximum atomic E-state index is 12.9. The first-order valence-electron chi connectivity index (χ1n) is 9.24. The monoisotopic (exact) mass is 419 g/mol. The first-order chi connectivity index (χ1) is 12.5. The molecule has 0 radical (unpaired) electrons. The molecule has 2 rings (SSSR count). The van der Waals surface area contributed by atoms with E-state index < -0.39 is 52.2 Å². The second-order valence-corrected chi connectivity index (χ2v) is 11.1. The van der Waals surface area contributed by atoms with Crippen molar-refractivity contribution >= 4 is 18.5 Å². The molecule has 0 amide bonds. The van der Waals surface area contributed by atoms with Gasteiger partial charge in [0.2, 0.25) is 0 Å². The molecule has 1 unspecified atom stereocenters. The summed E-state index contributed by atoms with van der Waals surface area (Å²) < 4.78 is 65.8. The summed E-state index contributed by atoms with van der Waals surface area (Å²) in [7, 11) is -0.568. The Morgan fingerprint density at radius 3 is 1.89 bits per heavy atom. The fourth-order valence-corrected chi connectivity index (χ4v) is 3.56. The predicted molar refractivity (Wildman–Crippen MR) is 106 cm³/mol. The Bertz CT molecular complexity index is 658. The summed E-state index contributed by atoms with van der Waals surface area (Å²) in [5.74, 6) is 0. The van der Waals surface area contributed by atoms with Crippen LogP contribution in [0, 0.1) is 0 Å². The molecule has 1 fully saturated rings. The number of alkyl halides is 3. The molecular formula is C19H29BF3NO3S. The van der Waals surface area contributed by atoms with Crippen LogP contribution in [0.4, 0.5) is 13.2 Å². The van der Waals surface area contributed by atoms with E-state index in [9.17, 15) is 17.7 Å². The molecular weight excluding hydrogens is 390 g/mol. The molecule has 1 saturated heterocycles. The van der Waals surface area contributed by atoms with Crippen LogP contribution in [0.3, 0.4) is 0 Å². The predicted octanol–water partition coefficient (Wildman–Crippen LogP) is 4.89. The van der Waals surface area contributed by atoms with E-state index >= 15 is 0 Å². The number of hydrogen-bond acceptors (Lipinski definition) is 4. The Kier molecular flexibility index (Phi) is 6.59. The third kappa shape index (κ3) is 5.45. The molecule has 0 bridgehead atoms. The lowest BCUT2D eigenvalue weighted by molar-refractivity contribution is -0.137. The standard InChI is InChI=1S/C19H29BF3NO3S/c1-16(2,3)28(25)24-15(12-20-26-17(4,5)18(6,7)27-20)13-8-10-14(11-9-13)19(21,22)23/h8-11,15,24H,12H2,1-7H3/t15-,28?/m0/s1. The first-order valence-corrected chi connectivity index (χ1v) is 10.4. The van der Waals surface area contributed by atoms with Crippen molar-refractivity contribution in [2.75, 3.05) is 0 Å². The molecule has 1 N–H and O–H groups in total. The second kappa shape index (κ2) is 7.83. The quantitative estimate of drug-likeness (QED) is 0.546. The molecule has 2 atom stereocenters. The van der Waals surface area contributed by atoms with Gasteiger partial charge in [0.05, 0.1) is 22.8 Å². The molecule has 1 aromatic carbocycles. The van der Waals surface area contributed by atoms with Crippen LogP contribution < -0.4 is 4.72 Å². The minimum absolute atomic E-state index is 0.319. The summed E-state index contributed by atoms with van der Waals surface area (Å²) in [6.45, 7) is 13.2. The highest BCUT2D eigenvalue weighted by Gasteiger charge is 2.52. The summed E-state index contributed by atoms with van der Waals surface area (Å²) in [5.41, 5.74) is -1.17. The van der Waals surface area contributed by atoms with E-state index in [4.69, 9.17) is 9.31 Å². The van der Waals surface area contributed by atoms with Crippen molar-refractivity contribution in [3.63, 3.8) is 0 Å². The Hall–Kier alpha value is -0.735. The Balaban J connectivity index is 2.25. The van der Waals surface area contributed by atoms with Crippen molar-refractivity contribution in [1.29, 1.82) is 0 Å². The van der Waals surface area contributed by atoms with Crippen LogP contribution >= 0.6 is 0 Å². The fraction of sp³-hybridized carbons (Fsp3) is 0.684. The van der Waals surface area contributed by atoms with Crippen LogP contribution in [0.2, 0.25) is 6.32 Å². The van der Waals surface area contributed by atoms with Gasteiger partial charge in [0.1, 0.15) is 4.75 Å². The molecule has 9 heteroatoms. The van der Waals surface area contributed by atoms with E-state index in [1.807, 2.05) is 48.5 Å². The van der Waals surface area contributed by atoms with E-state index in [0.717, 1.165) is 12.1 Å². The molecule has 1 aliphatic heterocycles. The minimum Gasteiger partial charge on any atom is -0.598 e. The molecule has 0 aromatic heterocycles. The average molecular weight is 419 g/mol. The highest BCUT2D eigenvalue weighted by Crippen LogP contribution is 2.40. The third-order valence-electron chi connectivity index (χ3n) is 5.18. The second-order valence-electron chi connectivity index (χ2n) is 9.09. The molecule has 1 heterocycles. The molecule has 0 saturated carbocycles. The lowest BCUT2D eigenvalue weighted by Gasteiger charge is -2.32. The van der Waals surface area contributed by atoms with Crippen molar-refractivity contribution in [3.05, 3.63) is 35.4 Å². The highest BCUT2D eigenvalue weighted by molar-refractivity contribution is 7.90. The van der Waals surface area contributed by atoms with Crippen LogP contribution in [-0.4, -0.2) is 27.6 Å². The van der Waals surface area contributed by atoms with Gasteiger partial charge >= 0.3 is 13.3 Å². The van der Waals surface area contributed by atoms with Gasteiger partial charge in [-0.2, -0.15) is 13.2 Å². The Labute approximate surface area is 169 Å². The Morgan fingerprint density at radius 1 is 1.04 bits per heavy atom. The number of nitrogens with one attached hydrogen (secondary N) is 1. The van der Waals surface area contributed by atoms with Gasteiger partial charge in [-0.25, -0.2) is 0 Å². The molecule has 1 aromatic rings. The van der Waals surface area contributed by atoms with Gasteiger partial charge in [0.15, 0.2) is 0 Å². The zero-order chi connectivity index (χ0) is 21.5. The Morgan fingerprint density at radius 2 is 1.50 bits per heavy atom. The highest BCUT2D eigenvalue weighted by atomic mass is 32.2. The third-order valence-corrected chi connectivity index (χ3v) is 6.79. The lowest BCUT2D eigenvalue weighted by atomic mass is 9.78. The lowest BCUT2D eigenvalue weighted by Crippen LogP contribution is -2.42. The molecule has 1 aliphatic rings. The smallest absolute Gasteiger partial charge is 0.459 e. The molecule has 158 valence electrons. The summed E-state index contributed by atoms with van der Waals surface area (Å²) in [6, 6.07) is 4.40. The van der Waals surface area contributed by atoms with Crippen LogP contribution in [0.15, 0.2) is 24.3 Å². The molecule has 28 heavy (non-hydrogen) atoms. The number of hydrogen-bond donors (Lipinski definition) is 1. The topological polar surface area (TPSA) is 53.5 Å². The van der Waals surface area contributed by atoms with Gasteiger partial charge in [-0.15, -0.1) is 4.72 Å². The van der Waals surface area contributed by atoms with Crippen LogP contribution in [0.1, 0.15) is 65.6 Å². The van der Waals surface area contributed by atoms with Crippen molar-refractivity contribution < 1.29 is 27.0 Å². The van der Waals surface area contributed by atoms with E-state index in [-0.39, 0.29) is 0 Å². The number of halogens is 3. The SMILES string of the molecule is CC(C)(C)[S+]([O-])N[C@@H](CB1OC(C)(C)C(C)(C)O1)c1ccc(C(F)(F)F)cc1. The summed E-state index contributed by atoms with van der Waals surface area (Å²) >= 11 is -1.41. The van der Waals surface area contributed by atoms with E-state index in [2.05, 4.69) is 4.72 Å². The van der Waals surface area contributed by atoms with E-state index in [0.29, 0.717) is 11.9 Å². The number of benzene rings is 1. The fourth-order valence-electron chi connectivity index (χ4n) is 2.72. The normalized spacial score (nSPS) is 21.6. The maximum Gasteiger partial charge on any atom is 0.459 e. The summed E-state index contributed by atoms with van der Waals surface area (Å²) in [6.07, 6.45) is -4.08. The zero-order valence-corrected chi connectivity index (χ0v) is 18.3. The first kappa shape index (κ1) is 23.5. The van der Waals surface area contributed by atoms with Crippen LogP contribution in [-0.2, 0) is 26.8 Å². The van der Waals surface area contributed by atoms with Gasteiger partial charge in [-0.3, -0.25) is 0 Å². The maximum absolute atomic E-state index is 12.9. The van der Waals surface area contributed by atoms with Gasteiger partial charge in [-0.05, 0) is 66.2 Å². The van der Waals surface area contributed by atoms with Gasteiger partial charge in [0, 0.05) is 17.7 Å². The zero-order valence-electron chi connectivity index (χ0n) is 17.4. The van der Waals surface area contributed by atoms with Crippen LogP contribution in [0.25, 0.3) is 0 Å². The van der Waals surface area contributed by atoms with Crippen molar-refractivity contribution in [1.82, 2.24) is 4.72 Å². The molecule has 0 spiro atoms. The van der Waals surface area contributed by atoms with Crippen molar-refractivity contribution in [2.24, 2.45) is 0 Å². The molecule has 0 aliphatic carbocycles. The van der Waals surface area contributed by atoms with E-state index in [1.165, 1.54) is 12.1 Å². The summed E-state index contributed by atoms with van der Waals surface area (Å²) in [4.78, 5) is 0. The van der Waals surface area contributed by atoms with Gasteiger partial charge < -0.3 is 13.9 Å². The minimum atomic E-state index is -4.40. The van der Waals surface area contributed by atoms with Gasteiger partial charge in [-0.1, -0.05) is 12.1 Å².